The Morgan fingerprint density at radius 1 is 0.905 bits per heavy atom. The summed E-state index contributed by atoms with van der Waals surface area (Å²) in [4.78, 5) is 22.3. The summed E-state index contributed by atoms with van der Waals surface area (Å²) in [5, 5.41) is 17.5. The number of carbonyl (C=O) groups is 2. The molecule has 0 aliphatic carbocycles. The van der Waals surface area contributed by atoms with Crippen molar-refractivity contribution in [3.8, 4) is 0 Å². The van der Waals surface area contributed by atoms with Gasteiger partial charge in [0.1, 0.15) is 0 Å². The van der Waals surface area contributed by atoms with Gasteiger partial charge in [-0.05, 0) is 6.42 Å². The topological polar surface area (TPSA) is 83.8 Å². The zero-order chi connectivity index (χ0) is 15.9. The Morgan fingerprint density at radius 2 is 1.38 bits per heavy atom. The van der Waals surface area contributed by atoms with Gasteiger partial charge in [0.15, 0.2) is 6.10 Å². The van der Waals surface area contributed by atoms with Gasteiger partial charge >= 0.3 is 11.9 Å². The maximum atomic E-state index is 11.3. The monoisotopic (exact) mass is 302 g/mol. The van der Waals surface area contributed by atoms with Crippen LogP contribution < -0.4 is 0 Å². The van der Waals surface area contributed by atoms with Crippen LogP contribution in [0.3, 0.4) is 0 Å². The smallest absolute Gasteiger partial charge is 0.345 e. The van der Waals surface area contributed by atoms with Gasteiger partial charge in [0, 0.05) is 6.42 Å². The van der Waals surface area contributed by atoms with Crippen molar-refractivity contribution in [3.05, 3.63) is 0 Å². The van der Waals surface area contributed by atoms with Crippen molar-refractivity contribution in [1.82, 2.24) is 0 Å². The molecular weight excluding hydrogens is 272 g/mol. The van der Waals surface area contributed by atoms with Gasteiger partial charge < -0.3 is 14.9 Å². The van der Waals surface area contributed by atoms with Crippen LogP contribution in [0.4, 0.5) is 0 Å². The number of ether oxygens (including phenoxy) is 1. The third-order valence-electron chi connectivity index (χ3n) is 3.39. The molecule has 0 fully saturated rings. The van der Waals surface area contributed by atoms with Crippen LogP contribution >= 0.6 is 0 Å². The fourth-order valence-electron chi connectivity index (χ4n) is 2.06. The number of carbonyl (C=O) groups excluding carboxylic acids is 2. The molecule has 0 heterocycles. The molecule has 5 nitrogen and oxygen atoms in total. The van der Waals surface area contributed by atoms with E-state index in [-0.39, 0.29) is 6.42 Å². The second-order valence-electron chi connectivity index (χ2n) is 5.42. The molecule has 2 N–H and O–H groups in total. The van der Waals surface area contributed by atoms with E-state index in [2.05, 4.69) is 11.7 Å². The number of esters is 2. The van der Waals surface area contributed by atoms with E-state index in [0.29, 0.717) is 6.42 Å². The Balaban J connectivity index is 3.34. The van der Waals surface area contributed by atoms with Crippen LogP contribution in [0.15, 0.2) is 0 Å². The van der Waals surface area contributed by atoms with Gasteiger partial charge in [-0.2, -0.15) is 0 Å². The number of aliphatic hydroxyl groups is 2. The highest BCUT2D eigenvalue weighted by atomic mass is 16.6. The number of unbranched alkanes of at least 4 members (excludes halogenated alkanes) is 9. The number of hydrogen-bond acceptors (Lipinski definition) is 5. The van der Waals surface area contributed by atoms with Crippen LogP contribution in [-0.2, 0) is 14.3 Å². The van der Waals surface area contributed by atoms with Crippen LogP contribution in [0.25, 0.3) is 0 Å². The summed E-state index contributed by atoms with van der Waals surface area (Å²) in [6, 6.07) is 0. The number of hydrogen-bond donors (Lipinski definition) is 2. The Hall–Kier alpha value is -0.940. The van der Waals surface area contributed by atoms with E-state index >= 15 is 0 Å². The van der Waals surface area contributed by atoms with Crippen molar-refractivity contribution >= 4 is 11.9 Å². The summed E-state index contributed by atoms with van der Waals surface area (Å²) in [6.45, 7) is 1.48. The van der Waals surface area contributed by atoms with Gasteiger partial charge in [-0.1, -0.05) is 64.7 Å². The summed E-state index contributed by atoms with van der Waals surface area (Å²) in [5.41, 5.74) is 0. The van der Waals surface area contributed by atoms with Crippen LogP contribution in [0.1, 0.15) is 77.6 Å². The van der Waals surface area contributed by atoms with Crippen molar-refractivity contribution in [3.63, 3.8) is 0 Å². The molecule has 0 aromatic heterocycles. The highest BCUT2D eigenvalue weighted by Gasteiger charge is 2.18. The van der Waals surface area contributed by atoms with Gasteiger partial charge in [0.2, 0.25) is 0 Å². The highest BCUT2D eigenvalue weighted by Crippen LogP contribution is 2.11. The second-order valence-corrected chi connectivity index (χ2v) is 5.42. The lowest BCUT2D eigenvalue weighted by atomic mass is 10.1. The first-order valence-corrected chi connectivity index (χ1v) is 8.15. The fourth-order valence-corrected chi connectivity index (χ4v) is 2.06. The van der Waals surface area contributed by atoms with Crippen molar-refractivity contribution in [2.24, 2.45) is 0 Å². The third kappa shape index (κ3) is 12.5. The van der Waals surface area contributed by atoms with Gasteiger partial charge in [-0.3, -0.25) is 4.79 Å². The molecule has 0 radical (unpaired) electrons. The Morgan fingerprint density at radius 3 is 1.86 bits per heavy atom. The molecule has 0 aromatic rings. The third-order valence-corrected chi connectivity index (χ3v) is 3.39. The summed E-state index contributed by atoms with van der Waals surface area (Å²) >= 11 is 0. The minimum absolute atomic E-state index is 0.181. The van der Waals surface area contributed by atoms with Gasteiger partial charge in [-0.25, -0.2) is 4.79 Å². The van der Waals surface area contributed by atoms with Crippen molar-refractivity contribution in [2.45, 2.75) is 83.7 Å². The second kappa shape index (κ2) is 14.0. The molecule has 5 heteroatoms. The first-order chi connectivity index (χ1) is 10.1. The van der Waals surface area contributed by atoms with Gasteiger partial charge in [-0.15, -0.1) is 0 Å². The first-order valence-electron chi connectivity index (χ1n) is 8.15. The van der Waals surface area contributed by atoms with E-state index in [4.69, 9.17) is 10.2 Å². The molecular formula is C16H30O5. The van der Waals surface area contributed by atoms with Crippen molar-refractivity contribution < 1.29 is 24.5 Å². The van der Waals surface area contributed by atoms with E-state index in [0.717, 1.165) is 12.8 Å². The zero-order valence-corrected chi connectivity index (χ0v) is 13.2. The standard InChI is InChI=1S/C16H30O5/c1-2-3-4-5-6-7-8-9-10-11-12-15(19)21-16(20)14(18)13-17/h14,17-18H,2-13H2,1H3. The van der Waals surface area contributed by atoms with E-state index in [9.17, 15) is 9.59 Å². The van der Waals surface area contributed by atoms with Crippen molar-refractivity contribution in [2.75, 3.05) is 6.61 Å². The molecule has 0 spiro atoms. The summed E-state index contributed by atoms with van der Waals surface area (Å²) in [6.07, 6.45) is 10.2. The lowest BCUT2D eigenvalue weighted by molar-refractivity contribution is -0.167. The highest BCUT2D eigenvalue weighted by molar-refractivity contribution is 5.87. The Labute approximate surface area is 127 Å². The molecule has 0 saturated carbocycles. The maximum Gasteiger partial charge on any atom is 0.345 e. The minimum atomic E-state index is -1.62. The first kappa shape index (κ1) is 20.1. The lowest BCUT2D eigenvalue weighted by Gasteiger charge is -2.06. The Kier molecular flexibility index (Phi) is 13.4. The van der Waals surface area contributed by atoms with Crippen LogP contribution in [0.2, 0.25) is 0 Å². The fraction of sp³-hybridized carbons (Fsp3) is 0.875. The van der Waals surface area contributed by atoms with E-state index in [1.165, 1.54) is 44.9 Å². The van der Waals surface area contributed by atoms with Crippen molar-refractivity contribution in [1.29, 1.82) is 0 Å². The van der Waals surface area contributed by atoms with E-state index in [1.54, 1.807) is 0 Å². The van der Waals surface area contributed by atoms with Crippen LogP contribution in [0.5, 0.6) is 0 Å². The molecule has 0 amide bonds. The zero-order valence-electron chi connectivity index (χ0n) is 13.2. The van der Waals surface area contributed by atoms with E-state index in [1.807, 2.05) is 0 Å². The lowest BCUT2D eigenvalue weighted by Crippen LogP contribution is -2.28. The number of rotatable bonds is 13. The SMILES string of the molecule is CCCCCCCCCCCCC(=O)OC(=O)C(O)CO. The minimum Gasteiger partial charge on any atom is -0.393 e. The molecule has 0 bridgehead atoms. The molecule has 0 aliphatic heterocycles. The quantitative estimate of drug-likeness (QED) is 0.310. The predicted molar refractivity (Wildman–Crippen MR) is 80.7 cm³/mol. The van der Waals surface area contributed by atoms with Crippen LogP contribution in [0, 0.1) is 0 Å². The maximum absolute atomic E-state index is 11.3. The van der Waals surface area contributed by atoms with Crippen LogP contribution in [-0.4, -0.2) is 34.9 Å². The summed E-state index contributed by atoms with van der Waals surface area (Å²) < 4.78 is 4.40. The van der Waals surface area contributed by atoms with Gasteiger partial charge in [0.25, 0.3) is 0 Å². The largest absolute Gasteiger partial charge is 0.393 e. The molecule has 124 valence electrons. The molecule has 0 aliphatic rings. The molecule has 0 saturated heterocycles. The molecule has 0 aromatic carbocycles. The normalized spacial score (nSPS) is 12.1. The average Bonchev–Trinajstić information content (AvgIpc) is 2.48. The summed E-state index contributed by atoms with van der Waals surface area (Å²) in [7, 11) is 0. The average molecular weight is 302 g/mol. The molecule has 1 atom stereocenters. The molecule has 1 unspecified atom stereocenters. The number of aliphatic hydroxyl groups excluding tert-OH is 2. The van der Waals surface area contributed by atoms with E-state index < -0.39 is 24.6 Å². The molecule has 21 heavy (non-hydrogen) atoms. The van der Waals surface area contributed by atoms with Gasteiger partial charge in [0.05, 0.1) is 6.61 Å². The summed E-state index contributed by atoms with van der Waals surface area (Å²) in [5.74, 6) is -1.71. The predicted octanol–water partition coefficient (Wildman–Crippen LogP) is 2.72. The molecule has 0 rings (SSSR count). The Bertz CT molecular complexity index is 278.